The van der Waals surface area contributed by atoms with Crippen molar-refractivity contribution in [1.82, 2.24) is 19.9 Å². The summed E-state index contributed by atoms with van der Waals surface area (Å²) in [5.74, 6) is 0. The van der Waals surface area contributed by atoms with Crippen molar-refractivity contribution < 1.29 is 5.11 Å². The molecule has 0 fully saturated rings. The van der Waals surface area contributed by atoms with E-state index in [1.807, 2.05) is 24.4 Å². The van der Waals surface area contributed by atoms with Crippen LogP contribution in [0.5, 0.6) is 0 Å². The lowest BCUT2D eigenvalue weighted by molar-refractivity contribution is 0.230. The summed E-state index contributed by atoms with van der Waals surface area (Å²) in [6, 6.07) is 10.3. The number of aliphatic hydroxyl groups excluding tert-OH is 1. The Balaban J connectivity index is 0.00000225. The van der Waals surface area contributed by atoms with Crippen LogP contribution in [0, 0.1) is 0 Å². The summed E-state index contributed by atoms with van der Waals surface area (Å²) in [5, 5.41) is 9.03. The maximum atomic E-state index is 11.8. The van der Waals surface area contributed by atoms with E-state index in [0.717, 1.165) is 37.0 Å². The van der Waals surface area contributed by atoms with Crippen LogP contribution in [0.2, 0.25) is 0 Å². The van der Waals surface area contributed by atoms with E-state index in [0.29, 0.717) is 12.1 Å². The van der Waals surface area contributed by atoms with E-state index in [1.165, 1.54) is 11.9 Å². The first-order chi connectivity index (χ1) is 11.8. The van der Waals surface area contributed by atoms with Crippen molar-refractivity contribution in [1.29, 1.82) is 0 Å². The van der Waals surface area contributed by atoms with Crippen molar-refractivity contribution in [2.75, 3.05) is 13.2 Å². The summed E-state index contributed by atoms with van der Waals surface area (Å²) in [5.41, 5.74) is 3.34. The zero-order chi connectivity index (χ0) is 16.8. The van der Waals surface area contributed by atoms with Crippen molar-refractivity contribution in [3.8, 4) is 0 Å². The molecule has 3 N–H and O–H groups in total. The molecule has 25 heavy (non-hydrogen) atoms. The number of halogens is 1. The SMILES string of the molecule is Cl.O=c1[nH]cnc2c(CN(CCCCO)Cc3ccccc3)c[nH]c12. The highest BCUT2D eigenvalue weighted by Gasteiger charge is 2.12. The number of rotatable bonds is 8. The van der Waals surface area contributed by atoms with Gasteiger partial charge in [-0.1, -0.05) is 30.3 Å². The Hall–Kier alpha value is -2.15. The zero-order valence-electron chi connectivity index (χ0n) is 13.9. The fraction of sp³-hybridized carbons (Fsp3) is 0.333. The number of nitrogens with zero attached hydrogens (tertiary/aromatic N) is 2. The van der Waals surface area contributed by atoms with Gasteiger partial charge in [0.15, 0.2) is 0 Å². The molecule has 0 radical (unpaired) electrons. The summed E-state index contributed by atoms with van der Waals surface area (Å²) < 4.78 is 0. The van der Waals surface area contributed by atoms with Gasteiger partial charge in [-0.15, -0.1) is 12.4 Å². The van der Waals surface area contributed by atoms with Crippen molar-refractivity contribution in [2.24, 2.45) is 0 Å². The number of fused-ring (bicyclic) bond motifs is 1. The topological polar surface area (TPSA) is 85.0 Å². The maximum Gasteiger partial charge on any atom is 0.275 e. The molecule has 0 unspecified atom stereocenters. The molecule has 0 aliphatic carbocycles. The highest BCUT2D eigenvalue weighted by molar-refractivity contribution is 5.85. The second-order valence-corrected chi connectivity index (χ2v) is 5.90. The van der Waals surface area contributed by atoms with Crippen LogP contribution in [0.3, 0.4) is 0 Å². The monoisotopic (exact) mass is 362 g/mol. The predicted octanol–water partition coefficient (Wildman–Crippen LogP) is 2.45. The Labute approximate surface area is 152 Å². The number of aromatic amines is 2. The standard InChI is InChI=1S/C18H22N4O2.ClH/c23-9-5-4-8-22(11-14-6-2-1-3-7-14)12-15-10-19-17-16(15)20-13-21-18(17)24;/h1-3,6-7,10,13,19,23H,4-5,8-9,11-12H2,(H,20,21,24);1H. The van der Waals surface area contributed by atoms with Crippen LogP contribution in [0.4, 0.5) is 0 Å². The van der Waals surface area contributed by atoms with Gasteiger partial charge in [-0.2, -0.15) is 0 Å². The molecule has 3 aromatic rings. The second kappa shape index (κ2) is 9.36. The molecule has 0 bridgehead atoms. The lowest BCUT2D eigenvalue weighted by atomic mass is 10.1. The van der Waals surface area contributed by atoms with Crippen molar-refractivity contribution in [3.63, 3.8) is 0 Å². The number of hydrogen-bond donors (Lipinski definition) is 3. The van der Waals surface area contributed by atoms with Gasteiger partial charge in [0.2, 0.25) is 0 Å². The van der Waals surface area contributed by atoms with E-state index < -0.39 is 0 Å². The summed E-state index contributed by atoms with van der Waals surface area (Å²) in [6.45, 7) is 2.62. The Morgan fingerprint density at radius 2 is 1.88 bits per heavy atom. The van der Waals surface area contributed by atoms with E-state index in [9.17, 15) is 4.79 Å². The number of H-pyrrole nitrogens is 2. The Kier molecular flexibility index (Phi) is 7.18. The number of benzene rings is 1. The summed E-state index contributed by atoms with van der Waals surface area (Å²) >= 11 is 0. The van der Waals surface area contributed by atoms with Crippen molar-refractivity contribution in [2.45, 2.75) is 25.9 Å². The molecule has 3 rings (SSSR count). The van der Waals surface area contributed by atoms with Gasteiger partial charge in [0.05, 0.1) is 11.8 Å². The van der Waals surface area contributed by atoms with Gasteiger partial charge in [-0.25, -0.2) is 4.98 Å². The van der Waals surface area contributed by atoms with E-state index >= 15 is 0 Å². The van der Waals surface area contributed by atoms with Gasteiger partial charge in [0.25, 0.3) is 5.56 Å². The number of aliphatic hydroxyl groups is 1. The first-order valence-electron chi connectivity index (χ1n) is 8.18. The molecule has 2 aromatic heterocycles. The average molecular weight is 363 g/mol. The van der Waals surface area contributed by atoms with Gasteiger partial charge >= 0.3 is 0 Å². The second-order valence-electron chi connectivity index (χ2n) is 5.90. The van der Waals surface area contributed by atoms with Crippen LogP contribution in [-0.2, 0) is 13.1 Å². The number of aromatic nitrogens is 3. The molecular formula is C18H23ClN4O2. The fourth-order valence-corrected chi connectivity index (χ4v) is 2.87. The van der Waals surface area contributed by atoms with Gasteiger partial charge in [-0.3, -0.25) is 9.69 Å². The van der Waals surface area contributed by atoms with Crippen LogP contribution < -0.4 is 5.56 Å². The Bertz CT molecular complexity index is 832. The molecule has 134 valence electrons. The highest BCUT2D eigenvalue weighted by atomic mass is 35.5. The maximum absolute atomic E-state index is 11.8. The van der Waals surface area contributed by atoms with Gasteiger partial charge in [0, 0.05) is 31.5 Å². The van der Waals surface area contributed by atoms with Crippen LogP contribution in [0.15, 0.2) is 47.7 Å². The van der Waals surface area contributed by atoms with E-state index in [-0.39, 0.29) is 24.6 Å². The molecule has 0 amide bonds. The summed E-state index contributed by atoms with van der Waals surface area (Å²) in [4.78, 5) is 24.0. The lowest BCUT2D eigenvalue weighted by Gasteiger charge is -2.22. The minimum Gasteiger partial charge on any atom is -0.396 e. The molecule has 7 heteroatoms. The van der Waals surface area contributed by atoms with Crippen LogP contribution >= 0.6 is 12.4 Å². The first-order valence-corrected chi connectivity index (χ1v) is 8.18. The highest BCUT2D eigenvalue weighted by Crippen LogP contribution is 2.16. The molecule has 0 saturated heterocycles. The number of nitrogens with one attached hydrogen (secondary N) is 2. The molecule has 0 aliphatic heterocycles. The summed E-state index contributed by atoms with van der Waals surface area (Å²) in [6.07, 6.45) is 5.02. The largest absolute Gasteiger partial charge is 0.396 e. The first kappa shape index (κ1) is 19.2. The van der Waals surface area contributed by atoms with E-state index in [2.05, 4.69) is 32.0 Å². The molecule has 6 nitrogen and oxygen atoms in total. The smallest absolute Gasteiger partial charge is 0.275 e. The predicted molar refractivity (Wildman–Crippen MR) is 101 cm³/mol. The lowest BCUT2D eigenvalue weighted by Crippen LogP contribution is -2.24. The number of unbranched alkanes of at least 4 members (excludes halogenated alkanes) is 1. The average Bonchev–Trinajstić information content (AvgIpc) is 3.00. The van der Waals surface area contributed by atoms with Crippen LogP contribution in [0.1, 0.15) is 24.0 Å². The van der Waals surface area contributed by atoms with Gasteiger partial charge < -0.3 is 15.1 Å². The fourth-order valence-electron chi connectivity index (χ4n) is 2.87. The van der Waals surface area contributed by atoms with E-state index in [1.54, 1.807) is 0 Å². The van der Waals surface area contributed by atoms with Crippen LogP contribution in [0.25, 0.3) is 11.0 Å². The van der Waals surface area contributed by atoms with Gasteiger partial charge in [0.1, 0.15) is 5.52 Å². The third-order valence-electron chi connectivity index (χ3n) is 4.07. The molecule has 2 heterocycles. The molecule has 0 aliphatic rings. The Morgan fingerprint density at radius 1 is 1.08 bits per heavy atom. The molecule has 0 spiro atoms. The van der Waals surface area contributed by atoms with Crippen molar-refractivity contribution >= 4 is 23.4 Å². The third-order valence-corrected chi connectivity index (χ3v) is 4.07. The van der Waals surface area contributed by atoms with Crippen LogP contribution in [-0.4, -0.2) is 38.1 Å². The zero-order valence-corrected chi connectivity index (χ0v) is 14.8. The van der Waals surface area contributed by atoms with Gasteiger partial charge in [-0.05, 0) is 24.9 Å². The minimum atomic E-state index is -0.152. The third kappa shape index (κ3) is 4.92. The van der Waals surface area contributed by atoms with E-state index in [4.69, 9.17) is 5.11 Å². The van der Waals surface area contributed by atoms with Crippen molar-refractivity contribution in [3.05, 3.63) is 64.3 Å². The number of hydrogen-bond acceptors (Lipinski definition) is 4. The molecule has 1 aromatic carbocycles. The summed E-state index contributed by atoms with van der Waals surface area (Å²) in [7, 11) is 0. The molecule has 0 saturated carbocycles. The normalized spacial score (nSPS) is 11.0. The molecular weight excluding hydrogens is 340 g/mol. The quantitative estimate of drug-likeness (QED) is 0.537. The minimum absolute atomic E-state index is 0. The molecule has 0 atom stereocenters. The Morgan fingerprint density at radius 3 is 2.64 bits per heavy atom.